The summed E-state index contributed by atoms with van der Waals surface area (Å²) in [5.74, 6) is -2.88. The zero-order chi connectivity index (χ0) is 19.7. The van der Waals surface area contributed by atoms with Crippen LogP contribution >= 0.6 is 0 Å². The fourth-order valence-electron chi connectivity index (χ4n) is 1.99. The van der Waals surface area contributed by atoms with Gasteiger partial charge in [-0.2, -0.15) is 0 Å². The molecule has 0 spiro atoms. The summed E-state index contributed by atoms with van der Waals surface area (Å²) < 4.78 is 28.7. The normalized spacial score (nSPS) is 15.4. The molecule has 0 heterocycles. The molecule has 8 nitrogen and oxygen atoms in total. The predicted molar refractivity (Wildman–Crippen MR) is 90.3 cm³/mol. The smallest absolute Gasteiger partial charge is 0.410 e. The second kappa shape index (κ2) is 6.91. The number of benzene rings is 1. The van der Waals surface area contributed by atoms with Crippen LogP contribution in [0, 0.1) is 0 Å². The van der Waals surface area contributed by atoms with Crippen LogP contribution in [-0.2, 0) is 20.3 Å². The van der Waals surface area contributed by atoms with Crippen LogP contribution in [0.2, 0.25) is 0 Å². The first-order chi connectivity index (χ1) is 11.1. The summed E-state index contributed by atoms with van der Waals surface area (Å²) in [5.41, 5.74) is -3.62. The monoisotopic (exact) mass is 375 g/mol. The highest BCUT2D eigenvalue weighted by molar-refractivity contribution is 7.91. The molecule has 0 aliphatic rings. The van der Waals surface area contributed by atoms with Crippen molar-refractivity contribution < 1.29 is 33.3 Å². The van der Waals surface area contributed by atoms with Crippen molar-refractivity contribution in [3.8, 4) is 0 Å². The summed E-state index contributed by atoms with van der Waals surface area (Å²) in [6.07, 6.45) is -1.07. The summed E-state index contributed by atoms with van der Waals surface area (Å²) >= 11 is 0. The molecule has 0 bridgehead atoms. The Morgan fingerprint density at radius 1 is 1.08 bits per heavy atom. The molecular weight excluding hydrogens is 350 g/mol. The number of carbonyl (C=O) groups is 1. The van der Waals surface area contributed by atoms with Crippen molar-refractivity contribution in [2.45, 2.75) is 56.6 Å². The van der Waals surface area contributed by atoms with Crippen molar-refractivity contribution >= 4 is 15.9 Å². The zero-order valence-corrected chi connectivity index (χ0v) is 15.7. The van der Waals surface area contributed by atoms with Gasteiger partial charge in [-0.05, 0) is 39.8 Å². The summed E-state index contributed by atoms with van der Waals surface area (Å²) in [6, 6.07) is 4.79. The molecular formula is C16H25NO7S. The molecule has 0 unspecified atom stereocenters. The maximum Gasteiger partial charge on any atom is 0.410 e. The molecule has 0 saturated heterocycles. The van der Waals surface area contributed by atoms with E-state index in [1.54, 1.807) is 20.8 Å². The van der Waals surface area contributed by atoms with Gasteiger partial charge < -0.3 is 20.1 Å². The maximum absolute atomic E-state index is 12.0. The van der Waals surface area contributed by atoms with E-state index in [1.807, 2.05) is 5.32 Å². The van der Waals surface area contributed by atoms with Crippen molar-refractivity contribution in [2.24, 2.45) is 0 Å². The van der Waals surface area contributed by atoms with E-state index in [1.165, 1.54) is 31.2 Å². The molecule has 9 heteroatoms. The molecule has 25 heavy (non-hydrogen) atoms. The van der Waals surface area contributed by atoms with Gasteiger partial charge in [-0.25, -0.2) is 13.2 Å². The molecule has 1 rings (SSSR count). The number of aliphatic hydroxyl groups is 3. The quantitative estimate of drug-likeness (QED) is 0.561. The van der Waals surface area contributed by atoms with Gasteiger partial charge in [0.25, 0.3) is 0 Å². The van der Waals surface area contributed by atoms with Crippen LogP contribution in [0.4, 0.5) is 4.79 Å². The van der Waals surface area contributed by atoms with Crippen LogP contribution < -0.4 is 5.32 Å². The molecule has 0 aromatic heterocycles. The number of hydrogen-bond donors (Lipinski definition) is 4. The largest absolute Gasteiger partial charge is 0.444 e. The lowest BCUT2D eigenvalue weighted by Gasteiger charge is -2.38. The molecule has 1 aromatic carbocycles. The van der Waals surface area contributed by atoms with Crippen LogP contribution in [0.15, 0.2) is 29.2 Å². The Morgan fingerprint density at radius 2 is 1.56 bits per heavy atom. The standard InChI is InChI=1S/C16H25NO7S/c1-6-25(22,23)12-9-7-11(8-10-12)16(21,15(5,19)20)17-13(18)24-14(2,3)4/h7-10,19-21H,6H2,1-5H3,(H,17,18)/t16-/m0/s1. The summed E-state index contributed by atoms with van der Waals surface area (Å²) in [5, 5.41) is 32.6. The Bertz CT molecular complexity index is 714. The Morgan fingerprint density at radius 3 is 1.92 bits per heavy atom. The van der Waals surface area contributed by atoms with Gasteiger partial charge in [0.2, 0.25) is 11.5 Å². The van der Waals surface area contributed by atoms with Gasteiger partial charge in [-0.15, -0.1) is 0 Å². The number of hydrogen-bond acceptors (Lipinski definition) is 7. The minimum Gasteiger partial charge on any atom is -0.444 e. The zero-order valence-electron chi connectivity index (χ0n) is 14.9. The van der Waals surface area contributed by atoms with Gasteiger partial charge in [0.15, 0.2) is 9.84 Å². The van der Waals surface area contributed by atoms with E-state index < -0.39 is 33.0 Å². The molecule has 0 aliphatic heterocycles. The Balaban J connectivity index is 3.26. The first kappa shape index (κ1) is 21.4. The average molecular weight is 375 g/mol. The fraction of sp³-hybridized carbons (Fsp3) is 0.562. The van der Waals surface area contributed by atoms with E-state index in [2.05, 4.69) is 0 Å². The third-order valence-electron chi connectivity index (χ3n) is 3.38. The minimum atomic E-state index is -3.46. The molecule has 1 aromatic rings. The van der Waals surface area contributed by atoms with Crippen LogP contribution in [-0.4, -0.2) is 47.0 Å². The van der Waals surface area contributed by atoms with Crippen molar-refractivity contribution in [3.63, 3.8) is 0 Å². The number of ether oxygens (including phenoxy) is 1. The molecule has 4 N–H and O–H groups in total. The van der Waals surface area contributed by atoms with Crippen molar-refractivity contribution in [3.05, 3.63) is 29.8 Å². The highest BCUT2D eigenvalue weighted by atomic mass is 32.2. The summed E-state index contributed by atoms with van der Waals surface area (Å²) in [6.45, 7) is 7.18. The second-order valence-corrected chi connectivity index (χ2v) is 9.06. The van der Waals surface area contributed by atoms with E-state index in [9.17, 15) is 28.5 Å². The minimum absolute atomic E-state index is 0.0101. The lowest BCUT2D eigenvalue weighted by atomic mass is 9.95. The number of carbonyl (C=O) groups excluding carboxylic acids is 1. The predicted octanol–water partition coefficient (Wildman–Crippen LogP) is 0.851. The van der Waals surface area contributed by atoms with Crippen LogP contribution in [0.1, 0.15) is 40.2 Å². The molecule has 0 radical (unpaired) electrons. The van der Waals surface area contributed by atoms with Crippen LogP contribution in [0.5, 0.6) is 0 Å². The second-order valence-electron chi connectivity index (χ2n) is 6.79. The summed E-state index contributed by atoms with van der Waals surface area (Å²) in [4.78, 5) is 12.0. The number of nitrogens with one attached hydrogen (secondary N) is 1. The third kappa shape index (κ3) is 5.15. The van der Waals surface area contributed by atoms with Gasteiger partial charge in [0.1, 0.15) is 5.60 Å². The van der Waals surface area contributed by atoms with Crippen molar-refractivity contribution in [2.75, 3.05) is 5.75 Å². The van der Waals surface area contributed by atoms with Crippen molar-refractivity contribution in [1.82, 2.24) is 5.32 Å². The first-order valence-electron chi connectivity index (χ1n) is 7.64. The summed E-state index contributed by atoms with van der Waals surface area (Å²) in [7, 11) is -3.46. The van der Waals surface area contributed by atoms with Gasteiger partial charge in [0, 0.05) is 5.56 Å². The topological polar surface area (TPSA) is 133 Å². The number of sulfone groups is 1. The number of alkyl carbamates (subject to hydrolysis) is 1. The molecule has 0 aliphatic carbocycles. The Kier molecular flexibility index (Phi) is 5.90. The van der Waals surface area contributed by atoms with Crippen LogP contribution in [0.25, 0.3) is 0 Å². The highest BCUT2D eigenvalue weighted by Gasteiger charge is 2.48. The maximum atomic E-state index is 12.0. The first-order valence-corrected chi connectivity index (χ1v) is 9.29. The van der Waals surface area contributed by atoms with E-state index in [0.717, 1.165) is 6.92 Å². The molecule has 142 valence electrons. The van der Waals surface area contributed by atoms with Crippen LogP contribution in [0.3, 0.4) is 0 Å². The average Bonchev–Trinajstić information content (AvgIpc) is 2.44. The third-order valence-corrected chi connectivity index (χ3v) is 5.13. The van der Waals surface area contributed by atoms with Gasteiger partial charge in [-0.1, -0.05) is 19.1 Å². The lowest BCUT2D eigenvalue weighted by molar-refractivity contribution is -0.279. The molecule has 1 atom stereocenters. The Labute approximate surface area is 147 Å². The van der Waals surface area contributed by atoms with E-state index in [0.29, 0.717) is 0 Å². The van der Waals surface area contributed by atoms with E-state index in [-0.39, 0.29) is 16.2 Å². The fourth-order valence-corrected chi connectivity index (χ4v) is 2.87. The van der Waals surface area contributed by atoms with Gasteiger partial charge in [-0.3, -0.25) is 5.32 Å². The van der Waals surface area contributed by atoms with Gasteiger partial charge >= 0.3 is 6.09 Å². The number of rotatable bonds is 5. The molecule has 0 saturated carbocycles. The Hall–Kier alpha value is -1.68. The van der Waals surface area contributed by atoms with E-state index in [4.69, 9.17) is 4.74 Å². The highest BCUT2D eigenvalue weighted by Crippen LogP contribution is 2.30. The van der Waals surface area contributed by atoms with E-state index >= 15 is 0 Å². The lowest BCUT2D eigenvalue weighted by Crippen LogP contribution is -2.61. The SMILES string of the molecule is CCS(=O)(=O)c1ccc([C@@](O)(NC(=O)OC(C)(C)C)C(C)(O)O)cc1. The number of amides is 1. The molecule has 0 fully saturated rings. The molecule has 1 amide bonds. The van der Waals surface area contributed by atoms with Gasteiger partial charge in [0.05, 0.1) is 10.6 Å². The van der Waals surface area contributed by atoms with Crippen molar-refractivity contribution in [1.29, 1.82) is 0 Å².